The molecule has 0 bridgehead atoms. The van der Waals surface area contributed by atoms with E-state index in [0.717, 1.165) is 41.3 Å². The van der Waals surface area contributed by atoms with Crippen LogP contribution >= 0.6 is 23.2 Å². The van der Waals surface area contributed by atoms with E-state index in [-0.39, 0.29) is 16.4 Å². The molecule has 0 saturated carbocycles. The number of alkyl halides is 3. The molecule has 0 spiro atoms. The van der Waals surface area contributed by atoms with Gasteiger partial charge in [0, 0.05) is 12.4 Å². The van der Waals surface area contributed by atoms with Crippen molar-refractivity contribution in [2.24, 2.45) is 0 Å². The third-order valence-electron chi connectivity index (χ3n) is 5.09. The number of benzene rings is 1. The molecule has 7 nitrogen and oxygen atoms in total. The number of carbonyl (C=O) groups is 1. The van der Waals surface area contributed by atoms with Crippen molar-refractivity contribution in [1.29, 1.82) is 0 Å². The Balaban J connectivity index is 1.67. The Hall–Kier alpha value is -3.28. The number of hydrogen-bond acceptors (Lipinski definition) is 5. The molecule has 13 heteroatoms. The third-order valence-corrected chi connectivity index (χ3v) is 6.99. The minimum absolute atomic E-state index is 0.00997. The Bertz CT molecular complexity index is 1450. The predicted octanol–water partition coefficient (Wildman–Crippen LogP) is 6.27. The first-order chi connectivity index (χ1) is 17.0. The fourth-order valence-electron chi connectivity index (χ4n) is 3.36. The van der Waals surface area contributed by atoms with Crippen molar-refractivity contribution in [3.05, 3.63) is 100.0 Å². The van der Waals surface area contributed by atoms with Gasteiger partial charge in [-0.3, -0.25) is 14.4 Å². The van der Waals surface area contributed by atoms with E-state index >= 15 is 0 Å². The minimum Gasteiger partial charge on any atom is -0.462 e. The van der Waals surface area contributed by atoms with Crippen LogP contribution in [0.25, 0.3) is 0 Å². The number of amides is 1. The van der Waals surface area contributed by atoms with Gasteiger partial charge in [0.1, 0.15) is 12.0 Å². The number of aromatic nitrogens is 1. The summed E-state index contributed by atoms with van der Waals surface area (Å²) in [5.74, 6) is -0.312. The summed E-state index contributed by atoms with van der Waals surface area (Å²) < 4.78 is 73.2. The number of anilines is 1. The maximum Gasteiger partial charge on any atom is 0.417 e. The summed E-state index contributed by atoms with van der Waals surface area (Å²) in [4.78, 5) is 17.6. The second kappa shape index (κ2) is 10.00. The first-order valence-electron chi connectivity index (χ1n) is 10.2. The van der Waals surface area contributed by atoms with Crippen LogP contribution in [0.1, 0.15) is 28.9 Å². The first-order valence-corrected chi connectivity index (χ1v) is 12.5. The molecule has 1 aromatic heterocycles. The Labute approximate surface area is 214 Å². The molecule has 188 valence electrons. The fraction of sp³-hybridized carbons (Fsp3) is 0.130. The summed E-state index contributed by atoms with van der Waals surface area (Å²) in [7, 11) is -4.60. The van der Waals surface area contributed by atoms with Gasteiger partial charge in [-0.1, -0.05) is 41.4 Å². The number of sulfonamides is 1. The van der Waals surface area contributed by atoms with E-state index in [1.165, 1.54) is 18.7 Å². The molecule has 1 amide bonds. The quantitative estimate of drug-likeness (QED) is 0.468. The van der Waals surface area contributed by atoms with Crippen LogP contribution in [0, 0.1) is 0 Å². The smallest absolute Gasteiger partial charge is 0.417 e. The number of pyridine rings is 1. The van der Waals surface area contributed by atoms with Crippen LogP contribution in [0.3, 0.4) is 0 Å². The van der Waals surface area contributed by atoms with Crippen molar-refractivity contribution in [3.63, 3.8) is 0 Å². The molecule has 1 aromatic carbocycles. The number of halogens is 5. The lowest BCUT2D eigenvalue weighted by Crippen LogP contribution is -2.26. The summed E-state index contributed by atoms with van der Waals surface area (Å²) in [5, 5.41) is -0.670. The molecule has 2 aromatic rings. The second-order valence-corrected chi connectivity index (χ2v) is 10.1. The molecular weight excluding hydrogens is 542 g/mol. The summed E-state index contributed by atoms with van der Waals surface area (Å²) >= 11 is 11.6. The highest BCUT2D eigenvalue weighted by molar-refractivity contribution is 7.92. The predicted molar refractivity (Wildman–Crippen MR) is 127 cm³/mol. The van der Waals surface area contributed by atoms with Crippen molar-refractivity contribution < 1.29 is 31.1 Å². The number of hydrogen-bond donors (Lipinski definition) is 1. The Morgan fingerprint density at radius 2 is 1.97 bits per heavy atom. The van der Waals surface area contributed by atoms with Crippen molar-refractivity contribution in [2.45, 2.75) is 23.9 Å². The standard InChI is InChI=1S/C23H16Cl2F3N3O4S/c24-15-10-19(30-36(33,34)16-6-7-18(25)17(11-16)23(26,27)28)21(29-12-15)22(32)31-8-9-35-20(13-31)14-4-2-1-3-5-14/h1-2,4,6-13,30H,3,5H2. The fourth-order valence-corrected chi connectivity index (χ4v) is 4.83. The molecule has 0 radical (unpaired) electrons. The lowest BCUT2D eigenvalue weighted by molar-refractivity contribution is -0.137. The summed E-state index contributed by atoms with van der Waals surface area (Å²) in [5.41, 5.74) is -1.14. The Kier molecular flexibility index (Phi) is 7.17. The van der Waals surface area contributed by atoms with Crippen LogP contribution in [0.2, 0.25) is 10.0 Å². The van der Waals surface area contributed by atoms with Gasteiger partial charge < -0.3 is 4.74 Å². The molecule has 2 aliphatic rings. The second-order valence-electron chi connectivity index (χ2n) is 7.56. The highest BCUT2D eigenvalue weighted by Crippen LogP contribution is 2.36. The van der Waals surface area contributed by atoms with Gasteiger partial charge in [0.05, 0.1) is 32.4 Å². The zero-order chi connectivity index (χ0) is 26.1. The zero-order valence-electron chi connectivity index (χ0n) is 18.1. The van der Waals surface area contributed by atoms with E-state index in [1.54, 1.807) is 0 Å². The molecule has 2 heterocycles. The monoisotopic (exact) mass is 557 g/mol. The van der Waals surface area contributed by atoms with Gasteiger partial charge in [0.25, 0.3) is 15.9 Å². The van der Waals surface area contributed by atoms with Crippen molar-refractivity contribution in [3.8, 4) is 0 Å². The lowest BCUT2D eigenvalue weighted by Gasteiger charge is -2.22. The molecule has 1 aliphatic carbocycles. The van der Waals surface area contributed by atoms with Gasteiger partial charge in [0.2, 0.25) is 0 Å². The maximum atomic E-state index is 13.2. The minimum atomic E-state index is -4.88. The molecule has 0 saturated heterocycles. The molecule has 0 atom stereocenters. The lowest BCUT2D eigenvalue weighted by atomic mass is 10.0. The average molecular weight is 558 g/mol. The molecule has 4 rings (SSSR count). The topological polar surface area (TPSA) is 88.6 Å². The first kappa shape index (κ1) is 25.8. The number of ether oxygens (including phenoxy) is 1. The molecule has 36 heavy (non-hydrogen) atoms. The molecule has 0 unspecified atom stereocenters. The number of allylic oxidation sites excluding steroid dienone is 4. The van der Waals surface area contributed by atoms with Gasteiger partial charge >= 0.3 is 6.18 Å². The van der Waals surface area contributed by atoms with E-state index in [1.807, 2.05) is 18.2 Å². The van der Waals surface area contributed by atoms with E-state index < -0.39 is 37.6 Å². The van der Waals surface area contributed by atoms with Crippen LogP contribution < -0.4 is 4.72 Å². The maximum absolute atomic E-state index is 13.2. The van der Waals surface area contributed by atoms with E-state index in [4.69, 9.17) is 27.9 Å². The average Bonchev–Trinajstić information content (AvgIpc) is 2.83. The van der Waals surface area contributed by atoms with E-state index in [9.17, 15) is 26.4 Å². The summed E-state index contributed by atoms with van der Waals surface area (Å²) in [6.07, 6.45) is 7.49. The highest BCUT2D eigenvalue weighted by atomic mass is 35.5. The number of nitrogens with zero attached hydrogens (tertiary/aromatic N) is 2. The van der Waals surface area contributed by atoms with Crippen molar-refractivity contribution >= 4 is 44.8 Å². The zero-order valence-corrected chi connectivity index (χ0v) is 20.4. The number of rotatable bonds is 5. The van der Waals surface area contributed by atoms with E-state index in [0.29, 0.717) is 18.2 Å². The summed E-state index contributed by atoms with van der Waals surface area (Å²) in [6, 6.07) is 3.26. The molecule has 1 aliphatic heterocycles. The summed E-state index contributed by atoms with van der Waals surface area (Å²) in [6.45, 7) is 0. The molecular formula is C23H16Cl2F3N3O4S. The van der Waals surface area contributed by atoms with Crippen molar-refractivity contribution in [2.75, 3.05) is 4.72 Å². The molecule has 0 fully saturated rings. The van der Waals surface area contributed by atoms with E-state index in [2.05, 4.69) is 9.71 Å². The van der Waals surface area contributed by atoms with Crippen LogP contribution in [0.5, 0.6) is 0 Å². The SMILES string of the molecule is O=C(c1ncc(Cl)cc1NS(=O)(=O)c1ccc(Cl)c(C(F)(F)F)c1)N1C=COC(C2=CC=CCC2)=C1. The normalized spacial score (nSPS) is 15.8. The van der Waals surface area contributed by atoms with Crippen LogP contribution in [0.15, 0.2) is 83.6 Å². The van der Waals surface area contributed by atoms with Gasteiger partial charge in [-0.2, -0.15) is 13.2 Å². The Morgan fingerprint density at radius 1 is 1.19 bits per heavy atom. The largest absolute Gasteiger partial charge is 0.462 e. The van der Waals surface area contributed by atoms with Gasteiger partial charge in [0.15, 0.2) is 5.69 Å². The number of nitrogens with one attached hydrogen (secondary N) is 1. The Morgan fingerprint density at radius 3 is 2.67 bits per heavy atom. The van der Waals surface area contributed by atoms with Crippen LogP contribution in [0.4, 0.5) is 18.9 Å². The van der Waals surface area contributed by atoms with Gasteiger partial charge in [-0.05, 0) is 42.7 Å². The van der Waals surface area contributed by atoms with Gasteiger partial charge in [-0.15, -0.1) is 0 Å². The van der Waals surface area contributed by atoms with Crippen molar-refractivity contribution in [1.82, 2.24) is 9.88 Å². The number of carbonyl (C=O) groups excluding carboxylic acids is 1. The highest BCUT2D eigenvalue weighted by Gasteiger charge is 2.35. The van der Waals surface area contributed by atoms with Gasteiger partial charge in [-0.25, -0.2) is 13.4 Å². The third kappa shape index (κ3) is 5.58. The van der Waals surface area contributed by atoms with Crippen LogP contribution in [-0.4, -0.2) is 24.2 Å². The molecule has 1 N–H and O–H groups in total. The van der Waals surface area contributed by atoms with Crippen LogP contribution in [-0.2, 0) is 20.9 Å².